The molecule has 0 aliphatic heterocycles. The van der Waals surface area contributed by atoms with Gasteiger partial charge in [-0.15, -0.1) is 0 Å². The normalized spacial score (nSPS) is 11.4. The Balaban J connectivity index is 1.99. The number of sulfonamides is 1. The SMILES string of the molecule is CN(C)c1ncccc1CNC(=O)CN(C)S(=O)(=O)c1cccnc1. The smallest absolute Gasteiger partial charge is 0.244 e. The van der Waals surface area contributed by atoms with E-state index in [4.69, 9.17) is 0 Å². The molecule has 0 aliphatic rings. The van der Waals surface area contributed by atoms with Gasteiger partial charge in [-0.3, -0.25) is 9.78 Å². The highest BCUT2D eigenvalue weighted by molar-refractivity contribution is 7.89. The van der Waals surface area contributed by atoms with Crippen LogP contribution in [-0.2, 0) is 21.4 Å². The van der Waals surface area contributed by atoms with E-state index in [0.29, 0.717) is 0 Å². The Hall–Kier alpha value is -2.52. The van der Waals surface area contributed by atoms with Crippen LogP contribution in [0.25, 0.3) is 0 Å². The first-order valence-corrected chi connectivity index (χ1v) is 9.00. The van der Waals surface area contributed by atoms with Gasteiger partial charge in [-0.05, 0) is 18.2 Å². The average Bonchev–Trinajstić information content (AvgIpc) is 2.60. The summed E-state index contributed by atoms with van der Waals surface area (Å²) < 4.78 is 25.7. The molecule has 2 aromatic rings. The van der Waals surface area contributed by atoms with Gasteiger partial charge in [-0.2, -0.15) is 4.31 Å². The van der Waals surface area contributed by atoms with E-state index in [9.17, 15) is 13.2 Å². The van der Waals surface area contributed by atoms with Crippen molar-refractivity contribution in [2.75, 3.05) is 32.6 Å². The van der Waals surface area contributed by atoms with E-state index in [1.54, 1.807) is 12.3 Å². The monoisotopic (exact) mass is 363 g/mol. The molecule has 9 heteroatoms. The Kier molecular flexibility index (Phi) is 6.05. The first-order chi connectivity index (χ1) is 11.8. The Morgan fingerprint density at radius 2 is 1.88 bits per heavy atom. The van der Waals surface area contributed by atoms with Crippen LogP contribution in [0.5, 0.6) is 0 Å². The molecule has 2 rings (SSSR count). The zero-order valence-corrected chi connectivity index (χ0v) is 15.2. The molecule has 25 heavy (non-hydrogen) atoms. The lowest BCUT2D eigenvalue weighted by Gasteiger charge is -2.18. The van der Waals surface area contributed by atoms with Crippen LogP contribution in [0.3, 0.4) is 0 Å². The third kappa shape index (κ3) is 4.74. The number of nitrogens with zero attached hydrogens (tertiary/aromatic N) is 4. The number of anilines is 1. The van der Waals surface area contributed by atoms with Crippen LogP contribution >= 0.6 is 0 Å². The maximum atomic E-state index is 12.4. The van der Waals surface area contributed by atoms with Gasteiger partial charge in [0.25, 0.3) is 0 Å². The lowest BCUT2D eigenvalue weighted by molar-refractivity contribution is -0.121. The minimum absolute atomic E-state index is 0.0486. The van der Waals surface area contributed by atoms with Crippen molar-refractivity contribution in [3.63, 3.8) is 0 Å². The molecule has 8 nitrogen and oxygen atoms in total. The number of carbonyl (C=O) groups excluding carboxylic acids is 1. The Labute approximate surface area is 147 Å². The van der Waals surface area contributed by atoms with E-state index in [2.05, 4.69) is 15.3 Å². The second kappa shape index (κ2) is 8.04. The largest absolute Gasteiger partial charge is 0.362 e. The van der Waals surface area contributed by atoms with Crippen LogP contribution in [0, 0.1) is 0 Å². The lowest BCUT2D eigenvalue weighted by atomic mass is 10.2. The molecule has 0 aromatic carbocycles. The van der Waals surface area contributed by atoms with Gasteiger partial charge in [0.1, 0.15) is 10.7 Å². The summed E-state index contributed by atoms with van der Waals surface area (Å²) in [7, 11) is 1.34. The lowest BCUT2D eigenvalue weighted by Crippen LogP contribution is -2.38. The van der Waals surface area contributed by atoms with Crippen LogP contribution in [0.2, 0.25) is 0 Å². The van der Waals surface area contributed by atoms with E-state index in [-0.39, 0.29) is 18.0 Å². The molecule has 0 radical (unpaired) electrons. The summed E-state index contributed by atoms with van der Waals surface area (Å²) >= 11 is 0. The maximum absolute atomic E-state index is 12.4. The zero-order valence-electron chi connectivity index (χ0n) is 14.4. The van der Waals surface area contributed by atoms with Crippen molar-refractivity contribution < 1.29 is 13.2 Å². The standard InChI is InChI=1S/C16H21N5O3S/c1-20(2)16-13(6-4-9-18-16)10-19-15(22)12-21(3)25(23,24)14-7-5-8-17-11-14/h4-9,11H,10,12H2,1-3H3,(H,19,22). The molecule has 0 spiro atoms. The number of hydrogen-bond donors (Lipinski definition) is 1. The first-order valence-electron chi connectivity index (χ1n) is 7.56. The molecule has 134 valence electrons. The first kappa shape index (κ1) is 18.8. The van der Waals surface area contributed by atoms with Crippen LogP contribution in [0.4, 0.5) is 5.82 Å². The predicted octanol–water partition coefficient (Wildman–Crippen LogP) is 0.480. The minimum atomic E-state index is -3.75. The van der Waals surface area contributed by atoms with Gasteiger partial charge in [0.2, 0.25) is 15.9 Å². The molecule has 0 saturated heterocycles. The fourth-order valence-electron chi connectivity index (χ4n) is 2.19. The molecular formula is C16H21N5O3S. The van der Waals surface area contributed by atoms with Gasteiger partial charge in [-0.1, -0.05) is 6.07 Å². The van der Waals surface area contributed by atoms with Crippen molar-refractivity contribution in [1.29, 1.82) is 0 Å². The molecular weight excluding hydrogens is 342 g/mol. The molecule has 1 N–H and O–H groups in total. The van der Waals surface area contributed by atoms with E-state index >= 15 is 0 Å². The summed E-state index contributed by atoms with van der Waals surface area (Å²) in [6.45, 7) is -0.0181. The van der Waals surface area contributed by atoms with Crippen molar-refractivity contribution in [2.45, 2.75) is 11.4 Å². The Morgan fingerprint density at radius 1 is 1.16 bits per heavy atom. The summed E-state index contributed by atoms with van der Waals surface area (Å²) in [6, 6.07) is 6.62. The van der Waals surface area contributed by atoms with Crippen molar-refractivity contribution in [1.82, 2.24) is 19.6 Å². The zero-order chi connectivity index (χ0) is 18.4. The fraction of sp³-hybridized carbons (Fsp3) is 0.312. The Morgan fingerprint density at radius 3 is 2.52 bits per heavy atom. The van der Waals surface area contributed by atoms with E-state index < -0.39 is 15.9 Å². The number of carbonyl (C=O) groups is 1. The third-order valence-corrected chi connectivity index (χ3v) is 5.26. The van der Waals surface area contributed by atoms with Crippen molar-refractivity contribution in [3.05, 3.63) is 48.4 Å². The van der Waals surface area contributed by atoms with E-state index in [1.807, 2.05) is 25.1 Å². The number of pyridine rings is 2. The molecule has 0 bridgehead atoms. The summed E-state index contributed by atoms with van der Waals surface area (Å²) in [6.07, 6.45) is 4.42. The molecule has 0 aliphatic carbocycles. The number of likely N-dealkylation sites (N-methyl/N-ethyl adjacent to an activating group) is 1. The molecule has 2 aromatic heterocycles. The van der Waals surface area contributed by atoms with Gasteiger partial charge >= 0.3 is 0 Å². The Bertz CT molecular complexity index is 825. The summed E-state index contributed by atoms with van der Waals surface area (Å²) in [5.41, 5.74) is 0.846. The van der Waals surface area contributed by atoms with Crippen LogP contribution in [-0.4, -0.2) is 56.3 Å². The molecule has 0 fully saturated rings. The quantitative estimate of drug-likeness (QED) is 0.769. The molecule has 1 amide bonds. The summed E-state index contributed by atoms with van der Waals surface area (Å²) in [4.78, 5) is 22.1. The van der Waals surface area contributed by atoms with E-state index in [1.165, 1.54) is 31.6 Å². The highest BCUT2D eigenvalue weighted by Gasteiger charge is 2.23. The molecule has 0 unspecified atom stereocenters. The molecule has 0 saturated carbocycles. The van der Waals surface area contributed by atoms with Gasteiger partial charge in [0.05, 0.1) is 6.54 Å². The van der Waals surface area contributed by atoms with Gasteiger partial charge in [-0.25, -0.2) is 13.4 Å². The van der Waals surface area contributed by atoms with Crippen molar-refractivity contribution >= 4 is 21.7 Å². The number of rotatable bonds is 7. The predicted molar refractivity (Wildman–Crippen MR) is 94.5 cm³/mol. The van der Waals surface area contributed by atoms with Gasteiger partial charge in [0, 0.05) is 51.8 Å². The molecule has 2 heterocycles. The number of hydrogen-bond acceptors (Lipinski definition) is 6. The second-order valence-electron chi connectivity index (χ2n) is 5.61. The highest BCUT2D eigenvalue weighted by atomic mass is 32.2. The third-order valence-electron chi connectivity index (χ3n) is 3.48. The average molecular weight is 363 g/mol. The van der Waals surface area contributed by atoms with Gasteiger partial charge < -0.3 is 10.2 Å². The van der Waals surface area contributed by atoms with Crippen LogP contribution in [0.1, 0.15) is 5.56 Å². The van der Waals surface area contributed by atoms with Crippen LogP contribution in [0.15, 0.2) is 47.8 Å². The maximum Gasteiger partial charge on any atom is 0.244 e. The van der Waals surface area contributed by atoms with Crippen molar-refractivity contribution in [3.8, 4) is 0 Å². The highest BCUT2D eigenvalue weighted by Crippen LogP contribution is 2.14. The topological polar surface area (TPSA) is 95.5 Å². The minimum Gasteiger partial charge on any atom is -0.362 e. The van der Waals surface area contributed by atoms with E-state index in [0.717, 1.165) is 15.7 Å². The van der Waals surface area contributed by atoms with Crippen molar-refractivity contribution in [2.24, 2.45) is 0 Å². The second-order valence-corrected chi connectivity index (χ2v) is 7.65. The number of nitrogens with one attached hydrogen (secondary N) is 1. The summed E-state index contributed by atoms with van der Waals surface area (Å²) in [5, 5.41) is 2.72. The molecule has 0 atom stereocenters. The number of amides is 1. The summed E-state index contributed by atoms with van der Waals surface area (Å²) in [5.74, 6) is 0.350. The van der Waals surface area contributed by atoms with Crippen LogP contribution < -0.4 is 10.2 Å². The van der Waals surface area contributed by atoms with Gasteiger partial charge in [0.15, 0.2) is 0 Å². The number of aromatic nitrogens is 2. The fourth-order valence-corrected chi connectivity index (χ4v) is 3.28.